The summed E-state index contributed by atoms with van der Waals surface area (Å²) in [4.78, 5) is 20.6. The minimum atomic E-state index is -3.77. The van der Waals surface area contributed by atoms with E-state index in [0.29, 0.717) is 34.3 Å². The molecule has 2 unspecified atom stereocenters. The number of fused-ring (bicyclic) bond motifs is 1. The van der Waals surface area contributed by atoms with Gasteiger partial charge in [-0.2, -0.15) is 0 Å². The molecule has 0 aromatic carbocycles. The number of rotatable bonds is 3. The summed E-state index contributed by atoms with van der Waals surface area (Å²) in [7, 11) is -1.09. The lowest BCUT2D eigenvalue weighted by atomic mass is 9.88. The summed E-state index contributed by atoms with van der Waals surface area (Å²) in [5, 5.41) is -0.540. The van der Waals surface area contributed by atoms with Gasteiger partial charge in [0.05, 0.1) is 34.2 Å². The van der Waals surface area contributed by atoms with Crippen LogP contribution in [-0.4, -0.2) is 62.3 Å². The molecule has 1 saturated heterocycles. The van der Waals surface area contributed by atoms with Crippen molar-refractivity contribution in [1.82, 2.24) is 9.29 Å². The number of nitrogens with zero attached hydrogens (tertiary/aromatic N) is 2. The molecule has 0 bridgehead atoms. The lowest BCUT2D eigenvalue weighted by molar-refractivity contribution is 0.0545. The largest absolute Gasteiger partial charge is 0.464 e. The van der Waals surface area contributed by atoms with Gasteiger partial charge in [-0.15, -0.1) is 11.3 Å². The molecule has 4 rings (SSSR count). The number of guanidine groups is 1. The van der Waals surface area contributed by atoms with Gasteiger partial charge in [-0.25, -0.2) is 22.5 Å². The highest BCUT2D eigenvalue weighted by Gasteiger charge is 2.56. The van der Waals surface area contributed by atoms with Gasteiger partial charge in [0.1, 0.15) is 16.5 Å². The molecule has 3 N–H and O–H groups in total. The number of aliphatic imine (C=N–C) groups is 1. The van der Waals surface area contributed by atoms with E-state index in [-0.39, 0.29) is 12.6 Å². The number of H-pyrrole nitrogens is 1. The van der Waals surface area contributed by atoms with E-state index in [1.807, 2.05) is 0 Å². The van der Waals surface area contributed by atoms with E-state index < -0.39 is 26.8 Å². The fourth-order valence-electron chi connectivity index (χ4n) is 3.65. The van der Waals surface area contributed by atoms with Gasteiger partial charge in [0.2, 0.25) is 16.0 Å². The van der Waals surface area contributed by atoms with Crippen LogP contribution in [0.4, 0.5) is 0 Å². The number of carbonyl (C=O) groups excluding carboxylic acids is 1. The predicted octanol–water partition coefficient (Wildman–Crippen LogP) is 1.76. The number of methoxy groups -OCH3 is 1. The molecule has 0 radical (unpaired) electrons. The summed E-state index contributed by atoms with van der Waals surface area (Å²) >= 11 is 7.88. The number of hydrogen-bond acceptors (Lipinski definition) is 8. The first-order valence-corrected chi connectivity index (χ1v) is 11.4. The summed E-state index contributed by atoms with van der Waals surface area (Å²) in [6, 6.07) is 5.08. The minimum absolute atomic E-state index is 0.00199. The third-order valence-corrected chi connectivity index (χ3v) is 9.19. The normalized spacial score (nSPS) is 26.0. The van der Waals surface area contributed by atoms with Gasteiger partial charge in [0.15, 0.2) is 0 Å². The number of aromatic nitrogens is 1. The number of ether oxygens (including phenoxy) is 2. The fourth-order valence-corrected chi connectivity index (χ4v) is 7.16. The lowest BCUT2D eigenvalue weighted by Gasteiger charge is -2.45. The second kappa shape index (κ2) is 7.01. The molecule has 1 fully saturated rings. The van der Waals surface area contributed by atoms with Crippen LogP contribution in [0.3, 0.4) is 0 Å². The Morgan fingerprint density at radius 1 is 1.52 bits per heavy atom. The molecule has 2 aromatic heterocycles. The van der Waals surface area contributed by atoms with Crippen LogP contribution in [-0.2, 0) is 25.0 Å². The average molecular weight is 459 g/mol. The first-order chi connectivity index (χ1) is 13.7. The zero-order valence-electron chi connectivity index (χ0n) is 15.6. The van der Waals surface area contributed by atoms with Crippen molar-refractivity contribution in [2.24, 2.45) is 10.7 Å². The molecule has 12 heteroatoms. The molecule has 0 amide bonds. The number of aromatic amines is 1. The van der Waals surface area contributed by atoms with Crippen LogP contribution in [0.2, 0.25) is 5.02 Å². The van der Waals surface area contributed by atoms with Gasteiger partial charge in [-0.3, -0.25) is 0 Å². The van der Waals surface area contributed by atoms with Crippen molar-refractivity contribution in [3.8, 4) is 10.6 Å². The lowest BCUT2D eigenvalue weighted by Crippen LogP contribution is -2.60. The zero-order chi connectivity index (χ0) is 21.0. The van der Waals surface area contributed by atoms with E-state index in [0.717, 1.165) is 9.18 Å². The number of thiophene rings is 1. The number of carbonyl (C=O) groups is 1. The third kappa shape index (κ3) is 3.03. The van der Waals surface area contributed by atoms with Gasteiger partial charge in [-0.05, 0) is 18.2 Å². The van der Waals surface area contributed by atoms with Gasteiger partial charge < -0.3 is 20.2 Å². The van der Waals surface area contributed by atoms with Gasteiger partial charge in [0.25, 0.3) is 0 Å². The van der Waals surface area contributed by atoms with E-state index in [2.05, 4.69) is 9.98 Å². The Morgan fingerprint density at radius 3 is 3.00 bits per heavy atom. The van der Waals surface area contributed by atoms with Crippen molar-refractivity contribution in [1.29, 1.82) is 0 Å². The molecule has 0 saturated carbocycles. The van der Waals surface area contributed by atoms with Crippen LogP contribution in [0, 0.1) is 0 Å². The van der Waals surface area contributed by atoms with E-state index in [4.69, 9.17) is 26.8 Å². The molecule has 29 heavy (non-hydrogen) atoms. The van der Waals surface area contributed by atoms with Crippen molar-refractivity contribution in [2.45, 2.75) is 17.2 Å². The molecule has 0 spiro atoms. The molecule has 2 aliphatic rings. The highest BCUT2D eigenvalue weighted by molar-refractivity contribution is 7.90. The first kappa shape index (κ1) is 20.2. The molecular formula is C17H19ClN4O5S2. The number of nitrogens with one attached hydrogen (secondary N) is 1. The maximum Gasteiger partial charge on any atom is 0.354 e. The van der Waals surface area contributed by atoms with Crippen molar-refractivity contribution in [2.75, 3.05) is 27.4 Å². The van der Waals surface area contributed by atoms with Gasteiger partial charge in [-0.1, -0.05) is 11.6 Å². The second-order valence-electron chi connectivity index (χ2n) is 6.79. The van der Waals surface area contributed by atoms with Crippen LogP contribution < -0.4 is 5.73 Å². The number of sulfonamides is 1. The summed E-state index contributed by atoms with van der Waals surface area (Å²) in [5.41, 5.74) is 5.81. The Hall–Kier alpha value is -2.08. The molecule has 156 valence electrons. The van der Waals surface area contributed by atoms with Gasteiger partial charge in [0, 0.05) is 20.1 Å². The van der Waals surface area contributed by atoms with E-state index in [1.54, 1.807) is 18.2 Å². The van der Waals surface area contributed by atoms with Crippen LogP contribution in [0.1, 0.15) is 21.8 Å². The molecule has 2 atom stereocenters. The third-order valence-electron chi connectivity index (χ3n) is 5.24. The van der Waals surface area contributed by atoms with Crippen molar-refractivity contribution >= 4 is 44.9 Å². The smallest absolute Gasteiger partial charge is 0.354 e. The highest BCUT2D eigenvalue weighted by Crippen LogP contribution is 2.50. The summed E-state index contributed by atoms with van der Waals surface area (Å²) < 4.78 is 37.2. The first-order valence-electron chi connectivity index (χ1n) is 8.69. The van der Waals surface area contributed by atoms with Crippen molar-refractivity contribution in [3.63, 3.8) is 0 Å². The van der Waals surface area contributed by atoms with Crippen molar-refractivity contribution < 1.29 is 22.7 Å². The minimum Gasteiger partial charge on any atom is -0.464 e. The van der Waals surface area contributed by atoms with Crippen LogP contribution in [0.5, 0.6) is 0 Å². The Morgan fingerprint density at radius 2 is 2.28 bits per heavy atom. The summed E-state index contributed by atoms with van der Waals surface area (Å²) in [6.07, 6.45) is 0.337. The van der Waals surface area contributed by atoms with Crippen LogP contribution in [0.25, 0.3) is 10.6 Å². The van der Waals surface area contributed by atoms with Gasteiger partial charge >= 0.3 is 5.97 Å². The van der Waals surface area contributed by atoms with E-state index >= 15 is 0 Å². The monoisotopic (exact) mass is 458 g/mol. The summed E-state index contributed by atoms with van der Waals surface area (Å²) in [6.45, 7) is 0.340. The maximum atomic E-state index is 13.0. The number of nitrogens with two attached hydrogens (primary N) is 1. The molecule has 9 nitrogen and oxygen atoms in total. The number of hydrogen-bond donors (Lipinski definition) is 2. The Kier molecular flexibility index (Phi) is 4.88. The standard InChI is InChI=1S/C17H19ClN4O5S2/c1-22-16(19)21-17(5-6-27-8-13(17)29(22,24)25)14-9(18)7-12(28-14)10-3-4-11(20-10)15(23)26-2/h3-4,7,13,20H,5-6,8H2,1-2H3,(H2,19,21). The van der Waals surface area contributed by atoms with Crippen LogP contribution >= 0.6 is 22.9 Å². The van der Waals surface area contributed by atoms with E-state index in [9.17, 15) is 13.2 Å². The quantitative estimate of drug-likeness (QED) is 0.674. The molecule has 2 aliphatic heterocycles. The average Bonchev–Trinajstić information content (AvgIpc) is 3.33. The van der Waals surface area contributed by atoms with E-state index in [1.165, 1.54) is 25.5 Å². The molecule has 0 aliphatic carbocycles. The zero-order valence-corrected chi connectivity index (χ0v) is 18.0. The molecular weight excluding hydrogens is 440 g/mol. The fraction of sp³-hybridized carbons (Fsp3) is 0.412. The Labute approximate surface area is 176 Å². The highest BCUT2D eigenvalue weighted by atomic mass is 35.5. The number of esters is 1. The van der Waals surface area contributed by atoms with Crippen LogP contribution in [0.15, 0.2) is 23.2 Å². The number of halogens is 1. The van der Waals surface area contributed by atoms with Crippen molar-refractivity contribution in [3.05, 3.63) is 33.8 Å². The Bertz CT molecular complexity index is 1110. The molecule has 4 heterocycles. The summed E-state index contributed by atoms with van der Waals surface area (Å²) in [5.74, 6) is -0.567. The Balaban J connectivity index is 1.84. The topological polar surface area (TPSA) is 127 Å². The second-order valence-corrected chi connectivity index (χ2v) is 10.4. The predicted molar refractivity (Wildman–Crippen MR) is 110 cm³/mol. The molecule has 2 aromatic rings. The maximum absolute atomic E-state index is 13.0. The SMILES string of the molecule is COC(=O)c1ccc(-c2cc(Cl)c(C34CCOCC3S(=O)(=O)N(C)C(N)=N4)s2)[nH]1.